The maximum atomic E-state index is 12.2. The molecule has 3 rings (SSSR count). The van der Waals surface area contributed by atoms with E-state index in [-0.39, 0.29) is 17.9 Å². The van der Waals surface area contributed by atoms with E-state index < -0.39 is 0 Å². The van der Waals surface area contributed by atoms with E-state index in [0.29, 0.717) is 24.3 Å². The predicted octanol–water partition coefficient (Wildman–Crippen LogP) is 2.40. The molecular formula is C15H16BrN3O3. The molecule has 0 radical (unpaired) electrons. The van der Waals surface area contributed by atoms with Crippen molar-refractivity contribution in [2.75, 3.05) is 13.1 Å². The number of furan rings is 1. The van der Waals surface area contributed by atoms with Crippen molar-refractivity contribution < 1.29 is 14.0 Å². The number of aromatic amines is 1. The van der Waals surface area contributed by atoms with E-state index in [1.165, 1.54) is 12.5 Å². The van der Waals surface area contributed by atoms with Crippen LogP contribution in [0.4, 0.5) is 0 Å². The van der Waals surface area contributed by atoms with Crippen LogP contribution in [0.15, 0.2) is 39.7 Å². The van der Waals surface area contributed by atoms with Crippen LogP contribution in [0, 0.1) is 0 Å². The molecule has 1 aliphatic rings. The van der Waals surface area contributed by atoms with Crippen molar-refractivity contribution in [2.24, 2.45) is 0 Å². The van der Waals surface area contributed by atoms with Gasteiger partial charge in [-0.2, -0.15) is 0 Å². The van der Waals surface area contributed by atoms with Gasteiger partial charge in [0.15, 0.2) is 0 Å². The molecule has 1 aliphatic heterocycles. The Kier molecular flexibility index (Phi) is 4.33. The van der Waals surface area contributed by atoms with Crippen LogP contribution in [0.25, 0.3) is 0 Å². The third-order valence-corrected chi connectivity index (χ3v) is 4.24. The number of H-pyrrole nitrogens is 1. The van der Waals surface area contributed by atoms with Gasteiger partial charge < -0.3 is 19.6 Å². The number of carbonyl (C=O) groups excluding carboxylic acids is 2. The number of hydrogen-bond acceptors (Lipinski definition) is 3. The lowest BCUT2D eigenvalue weighted by molar-refractivity contribution is 0.0697. The maximum absolute atomic E-state index is 12.2. The molecule has 0 bridgehead atoms. The molecule has 0 spiro atoms. The van der Waals surface area contributed by atoms with Crippen LogP contribution in [0.2, 0.25) is 0 Å². The number of hydrogen-bond donors (Lipinski definition) is 2. The maximum Gasteiger partial charge on any atom is 0.267 e. The molecule has 0 saturated carbocycles. The molecule has 2 aromatic heterocycles. The van der Waals surface area contributed by atoms with Gasteiger partial charge in [0.2, 0.25) is 0 Å². The van der Waals surface area contributed by atoms with Crippen LogP contribution in [-0.4, -0.2) is 40.8 Å². The fourth-order valence-electron chi connectivity index (χ4n) is 2.56. The van der Waals surface area contributed by atoms with Crippen LogP contribution >= 0.6 is 15.9 Å². The third kappa shape index (κ3) is 3.24. The van der Waals surface area contributed by atoms with E-state index >= 15 is 0 Å². The third-order valence-electron chi connectivity index (χ3n) is 3.78. The number of rotatable bonds is 3. The molecule has 22 heavy (non-hydrogen) atoms. The molecule has 116 valence electrons. The summed E-state index contributed by atoms with van der Waals surface area (Å²) in [4.78, 5) is 29.0. The monoisotopic (exact) mass is 365 g/mol. The average Bonchev–Trinajstić information content (AvgIpc) is 3.18. The van der Waals surface area contributed by atoms with Gasteiger partial charge in [0.1, 0.15) is 12.0 Å². The standard InChI is InChI=1S/C15H16BrN3O3/c16-11-7-13(17-8-11)14(20)18-12-1-4-19(5-2-12)15(21)10-3-6-22-9-10/h3,6-9,12,17H,1-2,4-5H2,(H,18,20). The molecular weight excluding hydrogens is 350 g/mol. The van der Waals surface area contributed by atoms with E-state index in [0.717, 1.165) is 17.3 Å². The van der Waals surface area contributed by atoms with Gasteiger partial charge in [-0.25, -0.2) is 0 Å². The summed E-state index contributed by atoms with van der Waals surface area (Å²) in [6.45, 7) is 1.26. The summed E-state index contributed by atoms with van der Waals surface area (Å²) in [5, 5.41) is 3.00. The van der Waals surface area contributed by atoms with Crippen LogP contribution in [0.1, 0.15) is 33.7 Å². The first kappa shape index (κ1) is 14.9. The highest BCUT2D eigenvalue weighted by atomic mass is 79.9. The Balaban J connectivity index is 1.51. The van der Waals surface area contributed by atoms with E-state index in [2.05, 4.69) is 26.2 Å². The number of piperidine rings is 1. The highest BCUT2D eigenvalue weighted by Gasteiger charge is 2.25. The Morgan fingerprint density at radius 3 is 2.73 bits per heavy atom. The Labute approximate surface area is 136 Å². The first-order valence-electron chi connectivity index (χ1n) is 7.10. The van der Waals surface area contributed by atoms with Crippen molar-refractivity contribution in [1.29, 1.82) is 0 Å². The summed E-state index contributed by atoms with van der Waals surface area (Å²) < 4.78 is 5.78. The lowest BCUT2D eigenvalue weighted by atomic mass is 10.0. The van der Waals surface area contributed by atoms with Crippen LogP contribution in [0.5, 0.6) is 0 Å². The fraction of sp³-hybridized carbons (Fsp3) is 0.333. The number of nitrogens with zero attached hydrogens (tertiary/aromatic N) is 1. The first-order valence-corrected chi connectivity index (χ1v) is 7.89. The molecule has 0 aliphatic carbocycles. The molecule has 3 heterocycles. The van der Waals surface area contributed by atoms with Crippen LogP contribution < -0.4 is 5.32 Å². The molecule has 0 atom stereocenters. The van der Waals surface area contributed by atoms with Gasteiger partial charge in [-0.05, 0) is 40.9 Å². The average molecular weight is 366 g/mol. The first-order chi connectivity index (χ1) is 10.6. The van der Waals surface area contributed by atoms with Crippen LogP contribution in [-0.2, 0) is 0 Å². The quantitative estimate of drug-likeness (QED) is 0.876. The molecule has 0 unspecified atom stereocenters. The molecule has 1 saturated heterocycles. The summed E-state index contributed by atoms with van der Waals surface area (Å²) in [6.07, 6.45) is 6.17. The van der Waals surface area contributed by atoms with Gasteiger partial charge in [-0.1, -0.05) is 0 Å². The van der Waals surface area contributed by atoms with Crippen molar-refractivity contribution in [3.63, 3.8) is 0 Å². The number of halogens is 1. The van der Waals surface area contributed by atoms with E-state index in [4.69, 9.17) is 4.42 Å². The summed E-state index contributed by atoms with van der Waals surface area (Å²) in [7, 11) is 0. The second kappa shape index (κ2) is 6.39. The van der Waals surface area contributed by atoms with Crippen LogP contribution in [0.3, 0.4) is 0 Å². The fourth-order valence-corrected chi connectivity index (χ4v) is 2.90. The molecule has 0 aromatic carbocycles. The molecule has 2 N–H and O–H groups in total. The van der Waals surface area contributed by atoms with Gasteiger partial charge >= 0.3 is 0 Å². The normalized spacial score (nSPS) is 15.8. The molecule has 2 amide bonds. The van der Waals surface area contributed by atoms with E-state index in [9.17, 15) is 9.59 Å². The van der Waals surface area contributed by atoms with Gasteiger partial charge in [0.25, 0.3) is 11.8 Å². The van der Waals surface area contributed by atoms with E-state index in [1.807, 2.05) is 0 Å². The summed E-state index contributed by atoms with van der Waals surface area (Å²) in [5.74, 6) is -0.142. The summed E-state index contributed by atoms with van der Waals surface area (Å²) in [6, 6.07) is 3.50. The molecule has 7 heteroatoms. The minimum atomic E-state index is -0.120. The second-order valence-corrected chi connectivity index (χ2v) is 6.20. The van der Waals surface area contributed by atoms with Crippen molar-refractivity contribution >= 4 is 27.7 Å². The predicted molar refractivity (Wildman–Crippen MR) is 83.6 cm³/mol. The van der Waals surface area contributed by atoms with Crippen molar-refractivity contribution in [1.82, 2.24) is 15.2 Å². The number of nitrogens with one attached hydrogen (secondary N) is 2. The lowest BCUT2D eigenvalue weighted by Crippen LogP contribution is -2.46. The highest BCUT2D eigenvalue weighted by Crippen LogP contribution is 2.16. The van der Waals surface area contributed by atoms with Crippen molar-refractivity contribution in [2.45, 2.75) is 18.9 Å². The number of amides is 2. The minimum Gasteiger partial charge on any atom is -0.472 e. The van der Waals surface area contributed by atoms with Gasteiger partial charge in [0.05, 0.1) is 11.8 Å². The molecule has 1 fully saturated rings. The summed E-state index contributed by atoms with van der Waals surface area (Å²) >= 11 is 3.31. The summed E-state index contributed by atoms with van der Waals surface area (Å²) in [5.41, 5.74) is 1.10. The van der Waals surface area contributed by atoms with Crippen molar-refractivity contribution in [3.8, 4) is 0 Å². The number of aromatic nitrogens is 1. The second-order valence-electron chi connectivity index (χ2n) is 5.28. The lowest BCUT2D eigenvalue weighted by Gasteiger charge is -2.32. The zero-order valence-electron chi connectivity index (χ0n) is 11.8. The SMILES string of the molecule is O=C(NC1CCN(C(=O)c2ccoc2)CC1)c1cc(Br)c[nH]1. The van der Waals surface area contributed by atoms with Crippen molar-refractivity contribution in [3.05, 3.63) is 46.6 Å². The zero-order valence-corrected chi connectivity index (χ0v) is 13.4. The smallest absolute Gasteiger partial charge is 0.267 e. The Hall–Kier alpha value is -2.02. The Morgan fingerprint density at radius 2 is 2.14 bits per heavy atom. The molecule has 6 nitrogen and oxygen atoms in total. The van der Waals surface area contributed by atoms with Gasteiger partial charge in [0, 0.05) is 29.8 Å². The Morgan fingerprint density at radius 1 is 1.36 bits per heavy atom. The highest BCUT2D eigenvalue weighted by molar-refractivity contribution is 9.10. The molecule has 2 aromatic rings. The number of carbonyl (C=O) groups is 2. The minimum absolute atomic E-state index is 0.0215. The topological polar surface area (TPSA) is 78.3 Å². The van der Waals surface area contributed by atoms with Gasteiger partial charge in [-0.3, -0.25) is 9.59 Å². The Bertz CT molecular complexity index is 657. The zero-order chi connectivity index (χ0) is 15.5. The number of likely N-dealkylation sites (tertiary alicyclic amines) is 1. The van der Waals surface area contributed by atoms with Gasteiger partial charge in [-0.15, -0.1) is 0 Å². The largest absolute Gasteiger partial charge is 0.472 e. The van der Waals surface area contributed by atoms with E-state index in [1.54, 1.807) is 23.2 Å².